The summed E-state index contributed by atoms with van der Waals surface area (Å²) in [6.45, 7) is 0. The maximum Gasteiger partial charge on any atom is 0.416 e. The van der Waals surface area contributed by atoms with Gasteiger partial charge in [0.1, 0.15) is 5.75 Å². The second kappa shape index (κ2) is 6.52. The van der Waals surface area contributed by atoms with E-state index >= 15 is 0 Å². The number of halogens is 3. The molecule has 1 aromatic heterocycles. The zero-order valence-corrected chi connectivity index (χ0v) is 13.4. The van der Waals surface area contributed by atoms with E-state index in [1.807, 2.05) is 0 Å². The van der Waals surface area contributed by atoms with Gasteiger partial charge in [-0.1, -0.05) is 6.07 Å². The SMILES string of the molecule is COc1ccc(N(c2cccc(C(F)(F)F)c2)c2nccs2)cc1. The number of hydrogen-bond donors (Lipinski definition) is 0. The molecule has 0 radical (unpaired) electrons. The molecular weight excluding hydrogens is 337 g/mol. The van der Waals surface area contributed by atoms with Crippen molar-refractivity contribution in [1.29, 1.82) is 0 Å². The van der Waals surface area contributed by atoms with Crippen molar-refractivity contribution >= 4 is 27.8 Å². The van der Waals surface area contributed by atoms with Crippen molar-refractivity contribution in [3.63, 3.8) is 0 Å². The number of thiazole rings is 1. The van der Waals surface area contributed by atoms with Crippen LogP contribution in [-0.2, 0) is 6.18 Å². The second-order valence-corrected chi connectivity index (χ2v) is 5.77. The molecule has 0 amide bonds. The average molecular weight is 350 g/mol. The van der Waals surface area contributed by atoms with Gasteiger partial charge in [0, 0.05) is 23.0 Å². The lowest BCUT2D eigenvalue weighted by molar-refractivity contribution is -0.137. The van der Waals surface area contributed by atoms with Crippen molar-refractivity contribution in [3.05, 3.63) is 65.7 Å². The van der Waals surface area contributed by atoms with Gasteiger partial charge in [-0.3, -0.25) is 4.90 Å². The lowest BCUT2D eigenvalue weighted by atomic mass is 10.1. The zero-order valence-electron chi connectivity index (χ0n) is 12.6. The Morgan fingerprint density at radius 1 is 1.04 bits per heavy atom. The quantitative estimate of drug-likeness (QED) is 0.609. The summed E-state index contributed by atoms with van der Waals surface area (Å²) >= 11 is 1.35. The number of hydrogen-bond acceptors (Lipinski definition) is 4. The number of anilines is 3. The van der Waals surface area contributed by atoms with Crippen LogP contribution in [0, 0.1) is 0 Å². The molecule has 0 aliphatic carbocycles. The number of rotatable bonds is 4. The summed E-state index contributed by atoms with van der Waals surface area (Å²) in [4.78, 5) is 5.92. The maximum absolute atomic E-state index is 13.0. The molecule has 124 valence electrons. The molecule has 7 heteroatoms. The molecule has 0 spiro atoms. The zero-order chi connectivity index (χ0) is 17.2. The number of methoxy groups -OCH3 is 1. The van der Waals surface area contributed by atoms with Gasteiger partial charge in [0.15, 0.2) is 5.13 Å². The Hall–Kier alpha value is -2.54. The number of alkyl halides is 3. The molecule has 0 fully saturated rings. The molecule has 0 atom stereocenters. The Morgan fingerprint density at radius 3 is 2.38 bits per heavy atom. The third kappa shape index (κ3) is 3.35. The number of nitrogens with zero attached hydrogens (tertiary/aromatic N) is 2. The van der Waals surface area contributed by atoms with Gasteiger partial charge >= 0.3 is 6.18 Å². The van der Waals surface area contributed by atoms with Crippen molar-refractivity contribution in [1.82, 2.24) is 4.98 Å². The summed E-state index contributed by atoms with van der Waals surface area (Å²) < 4.78 is 44.2. The fraction of sp³-hybridized carbons (Fsp3) is 0.118. The van der Waals surface area contributed by atoms with E-state index in [0.29, 0.717) is 22.3 Å². The molecule has 0 aliphatic heterocycles. The number of benzene rings is 2. The third-order valence-corrected chi connectivity index (χ3v) is 4.13. The molecule has 1 heterocycles. The molecule has 0 unspecified atom stereocenters. The first-order valence-corrected chi connectivity index (χ1v) is 7.88. The van der Waals surface area contributed by atoms with Crippen LogP contribution in [0.25, 0.3) is 0 Å². The van der Waals surface area contributed by atoms with Crippen LogP contribution in [0.1, 0.15) is 5.56 Å². The molecule has 2 aromatic carbocycles. The summed E-state index contributed by atoms with van der Waals surface area (Å²) in [5.74, 6) is 0.668. The summed E-state index contributed by atoms with van der Waals surface area (Å²) in [5, 5.41) is 2.36. The van der Waals surface area contributed by atoms with E-state index in [1.165, 1.54) is 17.4 Å². The van der Waals surface area contributed by atoms with Crippen LogP contribution in [0.5, 0.6) is 5.75 Å². The Kier molecular flexibility index (Phi) is 4.44. The molecule has 0 N–H and O–H groups in total. The van der Waals surface area contributed by atoms with E-state index < -0.39 is 11.7 Å². The molecule has 0 saturated heterocycles. The Labute approximate surface area is 141 Å². The monoisotopic (exact) mass is 350 g/mol. The first kappa shape index (κ1) is 16.3. The Balaban J connectivity index is 2.09. The summed E-state index contributed by atoms with van der Waals surface area (Å²) in [6.07, 6.45) is -2.78. The number of aromatic nitrogens is 1. The Bertz CT molecular complexity index is 801. The van der Waals surface area contributed by atoms with E-state index in [0.717, 1.165) is 12.1 Å². The molecule has 24 heavy (non-hydrogen) atoms. The first-order valence-electron chi connectivity index (χ1n) is 7.00. The van der Waals surface area contributed by atoms with E-state index in [2.05, 4.69) is 4.98 Å². The fourth-order valence-corrected chi connectivity index (χ4v) is 2.93. The van der Waals surface area contributed by atoms with Gasteiger partial charge in [0.2, 0.25) is 0 Å². The molecule has 0 bridgehead atoms. The van der Waals surface area contributed by atoms with E-state index in [9.17, 15) is 13.2 Å². The highest BCUT2D eigenvalue weighted by atomic mass is 32.1. The lowest BCUT2D eigenvalue weighted by Crippen LogP contribution is -2.12. The molecular formula is C17H13F3N2OS. The lowest BCUT2D eigenvalue weighted by Gasteiger charge is -2.23. The maximum atomic E-state index is 13.0. The standard InChI is InChI=1S/C17H13F3N2OS/c1-23-15-7-5-13(6-8-15)22(16-21-9-10-24-16)14-4-2-3-12(11-14)17(18,19)20/h2-11H,1H3. The smallest absolute Gasteiger partial charge is 0.416 e. The minimum absolute atomic E-state index is 0.393. The van der Waals surface area contributed by atoms with Gasteiger partial charge < -0.3 is 4.74 Å². The highest BCUT2D eigenvalue weighted by molar-refractivity contribution is 7.13. The van der Waals surface area contributed by atoms with Crippen LogP contribution in [0.2, 0.25) is 0 Å². The van der Waals surface area contributed by atoms with Crippen LogP contribution < -0.4 is 9.64 Å². The number of ether oxygens (including phenoxy) is 1. The van der Waals surface area contributed by atoms with Gasteiger partial charge in [-0.15, -0.1) is 11.3 Å². The van der Waals surface area contributed by atoms with Crippen LogP contribution in [0.15, 0.2) is 60.1 Å². The molecule has 0 saturated carbocycles. The van der Waals surface area contributed by atoms with E-state index in [1.54, 1.807) is 53.9 Å². The van der Waals surface area contributed by atoms with E-state index in [4.69, 9.17) is 4.74 Å². The van der Waals surface area contributed by atoms with Crippen LogP contribution in [0.4, 0.5) is 29.7 Å². The second-order valence-electron chi connectivity index (χ2n) is 4.90. The molecule has 3 rings (SSSR count). The highest BCUT2D eigenvalue weighted by Gasteiger charge is 2.31. The molecule has 3 aromatic rings. The predicted octanol–water partition coefficient (Wildman–Crippen LogP) is 5.64. The van der Waals surface area contributed by atoms with Gasteiger partial charge in [0.25, 0.3) is 0 Å². The van der Waals surface area contributed by atoms with Gasteiger partial charge in [-0.05, 0) is 42.5 Å². The van der Waals surface area contributed by atoms with Crippen LogP contribution >= 0.6 is 11.3 Å². The average Bonchev–Trinajstić information content (AvgIpc) is 3.09. The minimum atomic E-state index is -4.40. The van der Waals surface area contributed by atoms with Crippen molar-refractivity contribution in [2.45, 2.75) is 6.18 Å². The largest absolute Gasteiger partial charge is 0.497 e. The van der Waals surface area contributed by atoms with Crippen LogP contribution in [0.3, 0.4) is 0 Å². The van der Waals surface area contributed by atoms with Crippen molar-refractivity contribution < 1.29 is 17.9 Å². The third-order valence-electron chi connectivity index (χ3n) is 3.37. The van der Waals surface area contributed by atoms with E-state index in [-0.39, 0.29) is 0 Å². The van der Waals surface area contributed by atoms with Crippen molar-refractivity contribution in [2.24, 2.45) is 0 Å². The minimum Gasteiger partial charge on any atom is -0.497 e. The predicted molar refractivity (Wildman–Crippen MR) is 88.4 cm³/mol. The highest BCUT2D eigenvalue weighted by Crippen LogP contribution is 2.39. The van der Waals surface area contributed by atoms with Crippen molar-refractivity contribution in [3.8, 4) is 5.75 Å². The Morgan fingerprint density at radius 2 is 1.79 bits per heavy atom. The van der Waals surface area contributed by atoms with Crippen LogP contribution in [-0.4, -0.2) is 12.1 Å². The normalized spacial score (nSPS) is 11.3. The topological polar surface area (TPSA) is 25.4 Å². The molecule has 0 aliphatic rings. The first-order chi connectivity index (χ1) is 11.5. The van der Waals surface area contributed by atoms with Crippen molar-refractivity contribution in [2.75, 3.05) is 12.0 Å². The summed E-state index contributed by atoms with van der Waals surface area (Å²) in [5.41, 5.74) is 0.394. The van der Waals surface area contributed by atoms with Gasteiger partial charge in [-0.25, -0.2) is 4.98 Å². The summed E-state index contributed by atoms with van der Waals surface area (Å²) in [6, 6.07) is 12.3. The van der Waals surface area contributed by atoms with Gasteiger partial charge in [-0.2, -0.15) is 13.2 Å². The van der Waals surface area contributed by atoms with Gasteiger partial charge in [0.05, 0.1) is 12.7 Å². The summed E-state index contributed by atoms with van der Waals surface area (Å²) in [7, 11) is 1.56. The molecule has 3 nitrogen and oxygen atoms in total. The fourth-order valence-electron chi connectivity index (χ4n) is 2.25.